The number of nitrogens with one attached hydrogen (secondary N) is 1. The lowest BCUT2D eigenvalue weighted by atomic mass is 10.0. The third-order valence-corrected chi connectivity index (χ3v) is 4.64. The molecule has 142 valence electrons. The van der Waals surface area contributed by atoms with Gasteiger partial charge in [-0.3, -0.25) is 9.67 Å². The molecule has 3 heterocycles. The van der Waals surface area contributed by atoms with Crippen molar-refractivity contribution in [1.82, 2.24) is 24.7 Å². The van der Waals surface area contributed by atoms with Gasteiger partial charge < -0.3 is 4.98 Å². The Labute approximate surface area is 163 Å². The molecule has 1 aromatic carbocycles. The van der Waals surface area contributed by atoms with Gasteiger partial charge in [0.2, 0.25) is 0 Å². The van der Waals surface area contributed by atoms with Gasteiger partial charge in [-0.2, -0.15) is 5.10 Å². The fraction of sp³-hybridized carbons (Fsp3) is 0.227. The fourth-order valence-corrected chi connectivity index (χ4v) is 3.17. The molecule has 1 N–H and O–H groups in total. The van der Waals surface area contributed by atoms with Gasteiger partial charge in [0.05, 0.1) is 22.8 Å². The summed E-state index contributed by atoms with van der Waals surface area (Å²) in [7, 11) is 1.81. The predicted octanol–water partition coefficient (Wildman–Crippen LogP) is 5.11. The minimum atomic E-state index is -0.308. The fourth-order valence-electron chi connectivity index (χ4n) is 3.17. The number of hydrogen-bond acceptors (Lipinski definition) is 3. The van der Waals surface area contributed by atoms with Gasteiger partial charge in [-0.1, -0.05) is 19.9 Å². The topological polar surface area (TPSA) is 59.4 Å². The Kier molecular flexibility index (Phi) is 4.55. The molecule has 0 aliphatic carbocycles. The minimum Gasteiger partial charge on any atom is -0.340 e. The van der Waals surface area contributed by atoms with Crippen molar-refractivity contribution in [2.24, 2.45) is 7.05 Å². The van der Waals surface area contributed by atoms with Gasteiger partial charge in [0, 0.05) is 36.0 Å². The van der Waals surface area contributed by atoms with E-state index in [-0.39, 0.29) is 11.7 Å². The highest BCUT2D eigenvalue weighted by Gasteiger charge is 2.19. The maximum absolute atomic E-state index is 14.5. The maximum Gasteiger partial charge on any atom is 0.132 e. The Morgan fingerprint density at radius 1 is 1.04 bits per heavy atom. The molecule has 0 amide bonds. The standard InChI is InChI=1S/C22H22FN5/c1-13(2)22-25-20(21(26-22)19-7-5-6-14(3)24-19)15-8-9-17(23)16(12-15)18-10-11-28(4)27-18/h5-13H,1-4H3,(H,25,26). The highest BCUT2D eigenvalue weighted by molar-refractivity contribution is 5.79. The van der Waals surface area contributed by atoms with E-state index in [0.29, 0.717) is 11.3 Å². The van der Waals surface area contributed by atoms with Crippen LogP contribution in [0.1, 0.15) is 31.3 Å². The first-order valence-electron chi connectivity index (χ1n) is 9.26. The minimum absolute atomic E-state index is 0.230. The van der Waals surface area contributed by atoms with Crippen molar-refractivity contribution in [1.29, 1.82) is 0 Å². The van der Waals surface area contributed by atoms with E-state index in [1.54, 1.807) is 29.1 Å². The van der Waals surface area contributed by atoms with Crippen LogP contribution in [0.3, 0.4) is 0 Å². The molecule has 0 bridgehead atoms. The number of H-pyrrole nitrogens is 1. The molecule has 0 saturated carbocycles. The smallest absolute Gasteiger partial charge is 0.132 e. The lowest BCUT2D eigenvalue weighted by molar-refractivity contribution is 0.630. The van der Waals surface area contributed by atoms with Crippen LogP contribution in [0.4, 0.5) is 4.39 Å². The number of aromatic amines is 1. The Morgan fingerprint density at radius 3 is 2.54 bits per heavy atom. The Morgan fingerprint density at radius 2 is 1.86 bits per heavy atom. The molecule has 3 aromatic heterocycles. The summed E-state index contributed by atoms with van der Waals surface area (Å²) in [6, 6.07) is 12.7. The van der Waals surface area contributed by atoms with Crippen LogP contribution in [0.25, 0.3) is 33.9 Å². The number of benzene rings is 1. The molecule has 0 spiro atoms. The lowest BCUT2D eigenvalue weighted by Crippen LogP contribution is -1.92. The summed E-state index contributed by atoms with van der Waals surface area (Å²) in [5.74, 6) is 0.794. The second-order valence-corrected chi connectivity index (χ2v) is 7.23. The summed E-state index contributed by atoms with van der Waals surface area (Å²) >= 11 is 0. The first-order valence-corrected chi connectivity index (χ1v) is 9.26. The Bertz CT molecular complexity index is 1140. The van der Waals surface area contributed by atoms with E-state index in [4.69, 9.17) is 4.98 Å². The molecule has 0 radical (unpaired) electrons. The zero-order valence-electron chi connectivity index (χ0n) is 16.4. The van der Waals surface area contributed by atoms with E-state index in [1.165, 1.54) is 6.07 Å². The number of rotatable bonds is 4. The van der Waals surface area contributed by atoms with Gasteiger partial charge >= 0.3 is 0 Å². The Balaban J connectivity index is 1.89. The summed E-state index contributed by atoms with van der Waals surface area (Å²) in [6.45, 7) is 6.13. The molecule has 0 aliphatic rings. The first kappa shape index (κ1) is 18.1. The molecule has 0 aliphatic heterocycles. The molecule has 4 aromatic rings. The predicted molar refractivity (Wildman–Crippen MR) is 108 cm³/mol. The van der Waals surface area contributed by atoms with E-state index in [2.05, 4.69) is 28.9 Å². The van der Waals surface area contributed by atoms with Crippen LogP contribution in [-0.4, -0.2) is 24.7 Å². The summed E-state index contributed by atoms with van der Waals surface area (Å²) in [6.07, 6.45) is 1.80. The van der Waals surface area contributed by atoms with Crippen molar-refractivity contribution >= 4 is 0 Å². The van der Waals surface area contributed by atoms with Crippen LogP contribution in [0.15, 0.2) is 48.7 Å². The number of halogens is 1. The van der Waals surface area contributed by atoms with Crippen molar-refractivity contribution < 1.29 is 4.39 Å². The zero-order valence-corrected chi connectivity index (χ0v) is 16.4. The third kappa shape index (κ3) is 3.33. The Hall–Kier alpha value is -3.28. The highest BCUT2D eigenvalue weighted by atomic mass is 19.1. The molecule has 6 heteroatoms. The number of hydrogen-bond donors (Lipinski definition) is 1. The molecule has 28 heavy (non-hydrogen) atoms. The highest BCUT2D eigenvalue weighted by Crippen LogP contribution is 2.34. The largest absolute Gasteiger partial charge is 0.340 e. The third-order valence-electron chi connectivity index (χ3n) is 4.64. The van der Waals surface area contributed by atoms with Crippen LogP contribution in [-0.2, 0) is 7.05 Å². The van der Waals surface area contributed by atoms with Crippen molar-refractivity contribution in [2.75, 3.05) is 0 Å². The van der Waals surface area contributed by atoms with Gasteiger partial charge in [-0.05, 0) is 43.3 Å². The summed E-state index contributed by atoms with van der Waals surface area (Å²) in [4.78, 5) is 12.9. The lowest BCUT2D eigenvalue weighted by Gasteiger charge is -2.06. The van der Waals surface area contributed by atoms with Crippen LogP contribution in [0.2, 0.25) is 0 Å². The molecule has 4 rings (SSSR count). The van der Waals surface area contributed by atoms with Gasteiger partial charge in [0.15, 0.2) is 0 Å². The van der Waals surface area contributed by atoms with Crippen molar-refractivity contribution in [3.05, 3.63) is 66.0 Å². The number of nitrogens with zero attached hydrogens (tertiary/aromatic N) is 4. The number of aryl methyl sites for hydroxylation is 2. The van der Waals surface area contributed by atoms with E-state index in [0.717, 1.165) is 34.2 Å². The molecular weight excluding hydrogens is 353 g/mol. The molecule has 0 atom stereocenters. The number of aromatic nitrogens is 5. The summed E-state index contributed by atoms with van der Waals surface area (Å²) < 4.78 is 16.2. The van der Waals surface area contributed by atoms with Crippen LogP contribution in [0, 0.1) is 12.7 Å². The van der Waals surface area contributed by atoms with Crippen molar-refractivity contribution in [3.8, 4) is 33.9 Å². The number of pyridine rings is 1. The molecule has 5 nitrogen and oxygen atoms in total. The molecular formula is C22H22FN5. The van der Waals surface area contributed by atoms with Gasteiger partial charge in [0.25, 0.3) is 0 Å². The van der Waals surface area contributed by atoms with Gasteiger partial charge in [-0.25, -0.2) is 9.37 Å². The van der Waals surface area contributed by atoms with E-state index in [9.17, 15) is 4.39 Å². The number of imidazole rings is 1. The first-order chi connectivity index (χ1) is 13.4. The summed E-state index contributed by atoms with van der Waals surface area (Å²) in [5, 5.41) is 4.34. The SMILES string of the molecule is Cc1cccc(-c2[nH]c(C(C)C)nc2-c2ccc(F)c(-c3ccn(C)n3)c2)n1. The molecule has 0 saturated heterocycles. The molecule has 0 fully saturated rings. The van der Waals surface area contributed by atoms with Crippen LogP contribution >= 0.6 is 0 Å². The van der Waals surface area contributed by atoms with Crippen molar-refractivity contribution in [3.63, 3.8) is 0 Å². The molecule has 0 unspecified atom stereocenters. The van der Waals surface area contributed by atoms with Crippen LogP contribution in [0.5, 0.6) is 0 Å². The van der Waals surface area contributed by atoms with Gasteiger partial charge in [-0.15, -0.1) is 0 Å². The second-order valence-electron chi connectivity index (χ2n) is 7.23. The van der Waals surface area contributed by atoms with Gasteiger partial charge in [0.1, 0.15) is 11.6 Å². The quantitative estimate of drug-likeness (QED) is 0.539. The van der Waals surface area contributed by atoms with Crippen molar-refractivity contribution in [2.45, 2.75) is 26.7 Å². The normalized spacial score (nSPS) is 11.4. The van der Waals surface area contributed by atoms with E-state index in [1.807, 2.05) is 32.2 Å². The maximum atomic E-state index is 14.5. The second kappa shape index (κ2) is 7.03. The van der Waals surface area contributed by atoms with E-state index >= 15 is 0 Å². The summed E-state index contributed by atoms with van der Waals surface area (Å²) in [5.41, 5.74) is 5.22. The zero-order chi connectivity index (χ0) is 19.8. The van der Waals surface area contributed by atoms with E-state index < -0.39 is 0 Å². The average molecular weight is 375 g/mol. The average Bonchev–Trinajstić information content (AvgIpc) is 3.29. The van der Waals surface area contributed by atoms with Crippen LogP contribution < -0.4 is 0 Å². The monoisotopic (exact) mass is 375 g/mol.